The fourth-order valence-corrected chi connectivity index (χ4v) is 4.78. The number of cyclic esters (lactones) is 1. The van der Waals surface area contributed by atoms with Crippen molar-refractivity contribution >= 4 is 23.4 Å². The molecule has 1 atom stereocenters. The number of esters is 1. The number of aryl methyl sites for hydroxylation is 1. The first kappa shape index (κ1) is 30.9. The van der Waals surface area contributed by atoms with Gasteiger partial charge >= 0.3 is 5.97 Å². The van der Waals surface area contributed by atoms with Gasteiger partial charge in [0.25, 0.3) is 5.89 Å². The molecule has 1 aliphatic rings. The summed E-state index contributed by atoms with van der Waals surface area (Å²) in [4.78, 5) is 21.5. The Labute approximate surface area is 246 Å². The second-order valence-corrected chi connectivity index (χ2v) is 10.7. The van der Waals surface area contributed by atoms with Gasteiger partial charge in [-0.25, -0.2) is 9.78 Å². The SMILES string of the molecule is C/C=C(\C=C/CC)[C@@H](CO)Nc1nc(Nc2ccc3c(c2)C(C)(C)OC3=O)ncc1-c1nnc(CCCCCCN)o1. The number of benzene rings is 1. The number of aromatic nitrogens is 4. The molecule has 4 rings (SSSR count). The summed E-state index contributed by atoms with van der Waals surface area (Å²) in [5.41, 5.74) is 8.31. The maximum Gasteiger partial charge on any atom is 0.339 e. The van der Waals surface area contributed by atoms with Crippen molar-refractivity contribution in [3.63, 3.8) is 0 Å². The molecule has 1 aromatic carbocycles. The quantitative estimate of drug-likeness (QED) is 0.104. The third-order valence-corrected chi connectivity index (χ3v) is 7.10. The highest BCUT2D eigenvalue weighted by molar-refractivity contribution is 5.95. The average molecular weight is 576 g/mol. The van der Waals surface area contributed by atoms with Gasteiger partial charge in [-0.3, -0.25) is 0 Å². The molecule has 42 heavy (non-hydrogen) atoms. The minimum Gasteiger partial charge on any atom is -0.451 e. The Kier molecular flexibility index (Phi) is 10.4. The number of hydrogen-bond acceptors (Lipinski definition) is 11. The van der Waals surface area contributed by atoms with Crippen molar-refractivity contribution < 1.29 is 19.1 Å². The lowest BCUT2D eigenvalue weighted by molar-refractivity contribution is 0.00954. The molecule has 0 radical (unpaired) electrons. The number of nitrogens with zero attached hydrogens (tertiary/aromatic N) is 4. The molecule has 0 saturated carbocycles. The lowest BCUT2D eigenvalue weighted by atomic mass is 9.95. The summed E-state index contributed by atoms with van der Waals surface area (Å²) in [7, 11) is 0. The van der Waals surface area contributed by atoms with E-state index in [1.807, 2.05) is 45.1 Å². The van der Waals surface area contributed by atoms with Crippen molar-refractivity contribution in [2.45, 2.75) is 77.9 Å². The number of nitrogens with two attached hydrogens (primary N) is 1. The predicted molar refractivity (Wildman–Crippen MR) is 162 cm³/mol. The number of nitrogens with one attached hydrogen (secondary N) is 2. The van der Waals surface area contributed by atoms with E-state index in [1.165, 1.54) is 0 Å². The monoisotopic (exact) mass is 575 g/mol. The Balaban J connectivity index is 1.63. The van der Waals surface area contributed by atoms with Crippen molar-refractivity contribution in [2.75, 3.05) is 23.8 Å². The van der Waals surface area contributed by atoms with Crippen LogP contribution in [0.2, 0.25) is 0 Å². The summed E-state index contributed by atoms with van der Waals surface area (Å²) >= 11 is 0. The van der Waals surface area contributed by atoms with E-state index in [9.17, 15) is 9.90 Å². The van der Waals surface area contributed by atoms with Gasteiger partial charge < -0.3 is 30.6 Å². The Morgan fingerprint density at radius 1 is 1.17 bits per heavy atom. The molecule has 1 aliphatic heterocycles. The molecule has 0 bridgehead atoms. The number of carbonyl (C=O) groups is 1. The van der Waals surface area contributed by atoms with Crippen LogP contribution < -0.4 is 16.4 Å². The van der Waals surface area contributed by atoms with E-state index in [0.717, 1.165) is 43.2 Å². The summed E-state index contributed by atoms with van der Waals surface area (Å²) < 4.78 is 11.5. The summed E-state index contributed by atoms with van der Waals surface area (Å²) in [5.74, 6) is 1.23. The Hall–Kier alpha value is -4.09. The number of hydrogen-bond donors (Lipinski definition) is 4. The van der Waals surface area contributed by atoms with Crippen molar-refractivity contribution in [1.82, 2.24) is 20.2 Å². The van der Waals surface area contributed by atoms with E-state index in [0.29, 0.717) is 53.3 Å². The van der Waals surface area contributed by atoms with Gasteiger partial charge in [0.1, 0.15) is 11.4 Å². The lowest BCUT2D eigenvalue weighted by Gasteiger charge is -2.20. The minimum absolute atomic E-state index is 0.161. The normalized spacial score (nSPS) is 15.1. The Morgan fingerprint density at radius 2 is 1.98 bits per heavy atom. The van der Waals surface area contributed by atoms with Crippen LogP contribution in [0, 0.1) is 0 Å². The van der Waals surface area contributed by atoms with Crippen molar-refractivity contribution in [3.05, 3.63) is 65.2 Å². The van der Waals surface area contributed by atoms with Gasteiger partial charge in [0.15, 0.2) is 0 Å². The molecule has 11 heteroatoms. The fraction of sp³-hybridized carbons (Fsp3) is 0.452. The van der Waals surface area contributed by atoms with E-state index in [-0.39, 0.29) is 12.6 Å². The van der Waals surface area contributed by atoms with Gasteiger partial charge in [0, 0.05) is 23.9 Å². The summed E-state index contributed by atoms with van der Waals surface area (Å²) in [6.45, 7) is 8.23. The van der Waals surface area contributed by atoms with Crippen molar-refractivity contribution in [3.8, 4) is 11.5 Å². The highest BCUT2D eigenvalue weighted by atomic mass is 16.6. The molecule has 0 unspecified atom stereocenters. The van der Waals surface area contributed by atoms with Crippen molar-refractivity contribution in [1.29, 1.82) is 0 Å². The van der Waals surface area contributed by atoms with E-state index >= 15 is 0 Å². The number of aliphatic hydroxyl groups excluding tert-OH is 1. The maximum absolute atomic E-state index is 12.2. The fourth-order valence-electron chi connectivity index (χ4n) is 4.78. The molecule has 0 spiro atoms. The lowest BCUT2D eigenvalue weighted by Crippen LogP contribution is -2.26. The van der Waals surface area contributed by atoms with Gasteiger partial charge in [-0.1, -0.05) is 38.0 Å². The van der Waals surface area contributed by atoms with E-state index in [2.05, 4.69) is 32.7 Å². The first-order valence-electron chi connectivity index (χ1n) is 14.5. The molecule has 3 heterocycles. The number of aliphatic hydroxyl groups is 1. The van der Waals surface area contributed by atoms with Crippen LogP contribution in [0.5, 0.6) is 0 Å². The second kappa shape index (κ2) is 14.2. The van der Waals surface area contributed by atoms with E-state index < -0.39 is 11.6 Å². The maximum atomic E-state index is 12.2. The molecule has 2 aromatic heterocycles. The van der Waals surface area contributed by atoms with E-state index in [1.54, 1.807) is 18.3 Å². The first-order chi connectivity index (χ1) is 20.3. The van der Waals surface area contributed by atoms with Crippen LogP contribution in [0.25, 0.3) is 11.5 Å². The highest BCUT2D eigenvalue weighted by Crippen LogP contribution is 2.38. The minimum atomic E-state index is -0.731. The van der Waals surface area contributed by atoms with Crippen LogP contribution in [0.15, 0.2) is 52.6 Å². The number of anilines is 3. The first-order valence-corrected chi connectivity index (χ1v) is 14.5. The van der Waals surface area contributed by atoms with Gasteiger partial charge in [0.05, 0.1) is 23.8 Å². The zero-order valence-electron chi connectivity index (χ0n) is 24.8. The molecule has 224 valence electrons. The van der Waals surface area contributed by atoms with E-state index in [4.69, 9.17) is 19.9 Å². The third kappa shape index (κ3) is 7.40. The molecule has 0 aliphatic carbocycles. The summed E-state index contributed by atoms with van der Waals surface area (Å²) in [5, 5.41) is 25.4. The molecular weight excluding hydrogens is 534 g/mol. The van der Waals surface area contributed by atoms with Crippen LogP contribution in [-0.4, -0.2) is 50.4 Å². The third-order valence-electron chi connectivity index (χ3n) is 7.10. The zero-order chi connectivity index (χ0) is 30.1. The Bertz CT molecular complexity index is 1430. The predicted octanol–water partition coefficient (Wildman–Crippen LogP) is 5.42. The highest BCUT2D eigenvalue weighted by Gasteiger charge is 2.37. The molecule has 5 N–H and O–H groups in total. The van der Waals surface area contributed by atoms with Crippen LogP contribution in [0.4, 0.5) is 17.5 Å². The Morgan fingerprint density at radius 3 is 2.71 bits per heavy atom. The van der Waals surface area contributed by atoms with Gasteiger partial charge in [-0.2, -0.15) is 4.98 Å². The molecule has 0 saturated heterocycles. The molecular formula is C31H41N7O4. The van der Waals surface area contributed by atoms with Gasteiger partial charge in [0.2, 0.25) is 11.8 Å². The standard InChI is InChI=1S/C31H41N7O4/c1-5-7-12-20(6-2)25(19-39)35-27-23(28-38-37-26(41-28)13-10-8-9-11-16-32)18-33-30(36-27)34-21-14-15-22-24(17-21)31(3,4)42-29(22)40/h6-7,12,14-15,17-18,25,39H,5,8-11,13,16,19,32H2,1-4H3,(H2,33,34,35,36)/b12-7-,20-6+/t25-/m1/s1. The molecule has 3 aromatic rings. The largest absolute Gasteiger partial charge is 0.451 e. The number of rotatable bonds is 15. The van der Waals surface area contributed by atoms with Crippen LogP contribution in [-0.2, 0) is 16.8 Å². The van der Waals surface area contributed by atoms with Crippen LogP contribution >= 0.6 is 0 Å². The summed E-state index contributed by atoms with van der Waals surface area (Å²) in [6, 6.07) is 4.95. The summed E-state index contributed by atoms with van der Waals surface area (Å²) in [6.07, 6.45) is 13.2. The number of fused-ring (bicyclic) bond motifs is 1. The van der Waals surface area contributed by atoms with Crippen molar-refractivity contribution in [2.24, 2.45) is 5.73 Å². The zero-order valence-corrected chi connectivity index (χ0v) is 24.8. The topological polar surface area (TPSA) is 161 Å². The number of unbranched alkanes of at least 4 members (excludes halogenated alkanes) is 3. The second-order valence-electron chi connectivity index (χ2n) is 10.7. The molecule has 0 fully saturated rings. The number of carbonyl (C=O) groups excluding carboxylic acids is 1. The number of allylic oxidation sites excluding steroid dienone is 2. The van der Waals surface area contributed by atoms with Gasteiger partial charge in [-0.15, -0.1) is 10.2 Å². The van der Waals surface area contributed by atoms with Gasteiger partial charge in [-0.05, 0) is 70.4 Å². The smallest absolute Gasteiger partial charge is 0.339 e. The molecule has 11 nitrogen and oxygen atoms in total. The van der Waals surface area contributed by atoms with Crippen LogP contribution in [0.1, 0.15) is 81.6 Å². The number of ether oxygens (including phenoxy) is 1. The van der Waals surface area contributed by atoms with Crippen LogP contribution in [0.3, 0.4) is 0 Å². The molecule has 0 amide bonds. The average Bonchev–Trinajstić information content (AvgIpc) is 3.53.